The quantitative estimate of drug-likeness (QED) is 0.857. The van der Waals surface area contributed by atoms with Gasteiger partial charge in [0.2, 0.25) is 0 Å². The van der Waals surface area contributed by atoms with Crippen LogP contribution in [0, 0.1) is 6.92 Å². The van der Waals surface area contributed by atoms with Crippen LogP contribution in [-0.4, -0.2) is 6.04 Å². The van der Waals surface area contributed by atoms with Crippen molar-refractivity contribution in [1.82, 2.24) is 0 Å². The number of benzene rings is 1. The van der Waals surface area contributed by atoms with Gasteiger partial charge in [-0.15, -0.1) is 0 Å². The van der Waals surface area contributed by atoms with Gasteiger partial charge >= 0.3 is 0 Å². The van der Waals surface area contributed by atoms with Gasteiger partial charge in [-0.05, 0) is 38.1 Å². The molecule has 0 saturated heterocycles. The molecule has 1 heterocycles. The molecule has 3 heteroatoms. The highest BCUT2D eigenvalue weighted by atomic mass is 35.5. The maximum absolute atomic E-state index is 6.02. The van der Waals surface area contributed by atoms with Crippen LogP contribution >= 0.6 is 11.6 Å². The Bertz CT molecular complexity index is 588. The summed E-state index contributed by atoms with van der Waals surface area (Å²) in [6, 6.07) is 12.7. The summed E-state index contributed by atoms with van der Waals surface area (Å²) in [5.41, 5.74) is 1.32. The van der Waals surface area contributed by atoms with E-state index in [1.54, 1.807) is 0 Å². The zero-order chi connectivity index (χ0) is 15.5. The molecule has 0 aliphatic heterocycles. The van der Waals surface area contributed by atoms with Crippen molar-refractivity contribution in [3.8, 4) is 0 Å². The molecule has 2 N–H and O–H groups in total. The molecule has 1 aromatic heterocycles. The molecule has 2 nitrogen and oxygen atoms in total. The predicted molar refractivity (Wildman–Crippen MR) is 87.6 cm³/mol. The van der Waals surface area contributed by atoms with E-state index in [-0.39, 0.29) is 5.41 Å². The van der Waals surface area contributed by atoms with Gasteiger partial charge in [0.1, 0.15) is 18.1 Å². The van der Waals surface area contributed by atoms with E-state index >= 15 is 0 Å². The lowest BCUT2D eigenvalue weighted by Crippen LogP contribution is -2.88. The minimum atomic E-state index is 0.0541. The lowest BCUT2D eigenvalue weighted by molar-refractivity contribution is -0.702. The van der Waals surface area contributed by atoms with Crippen molar-refractivity contribution in [2.24, 2.45) is 0 Å². The van der Waals surface area contributed by atoms with Crippen molar-refractivity contribution in [2.75, 3.05) is 0 Å². The monoisotopic (exact) mass is 306 g/mol. The molecular weight excluding hydrogens is 282 g/mol. The Balaban J connectivity index is 1.90. The molecule has 1 atom stereocenters. The first kappa shape index (κ1) is 16.1. The fourth-order valence-corrected chi connectivity index (χ4v) is 3.00. The van der Waals surface area contributed by atoms with E-state index in [0.29, 0.717) is 6.04 Å². The third kappa shape index (κ3) is 4.62. The number of aryl methyl sites for hydroxylation is 1. The average Bonchev–Trinajstić information content (AvgIpc) is 2.84. The second-order valence-corrected chi connectivity index (χ2v) is 6.98. The topological polar surface area (TPSA) is 29.8 Å². The van der Waals surface area contributed by atoms with E-state index in [1.165, 1.54) is 5.56 Å². The zero-order valence-electron chi connectivity index (χ0n) is 13.3. The smallest absolute Gasteiger partial charge is 0.109 e. The molecule has 0 fully saturated rings. The molecule has 0 aliphatic carbocycles. The number of quaternary nitrogens is 1. The molecule has 1 aromatic carbocycles. The Morgan fingerprint density at radius 1 is 1.24 bits per heavy atom. The van der Waals surface area contributed by atoms with Crippen molar-refractivity contribution in [3.05, 3.63) is 58.5 Å². The summed E-state index contributed by atoms with van der Waals surface area (Å²) in [6.07, 6.45) is 1.07. The molecule has 0 spiro atoms. The van der Waals surface area contributed by atoms with Crippen LogP contribution in [0.1, 0.15) is 44.3 Å². The average molecular weight is 307 g/mol. The fourth-order valence-electron chi connectivity index (χ4n) is 2.79. The van der Waals surface area contributed by atoms with Crippen molar-refractivity contribution < 1.29 is 9.73 Å². The summed E-state index contributed by atoms with van der Waals surface area (Å²) in [7, 11) is 0. The lowest BCUT2D eigenvalue weighted by Gasteiger charge is -2.25. The highest BCUT2D eigenvalue weighted by molar-refractivity contribution is 6.30. The molecule has 0 unspecified atom stereocenters. The molecule has 0 aliphatic rings. The molecule has 114 valence electrons. The predicted octanol–water partition coefficient (Wildman–Crippen LogP) is 4.06. The third-order valence-corrected chi connectivity index (χ3v) is 4.12. The highest BCUT2D eigenvalue weighted by Gasteiger charge is 2.28. The Kier molecular flexibility index (Phi) is 5.13. The van der Waals surface area contributed by atoms with Gasteiger partial charge in [-0.2, -0.15) is 0 Å². The van der Waals surface area contributed by atoms with Crippen LogP contribution in [-0.2, 0) is 12.0 Å². The molecule has 0 bridgehead atoms. The number of rotatable bonds is 6. The number of nitrogens with two attached hydrogens (primary N) is 1. The summed E-state index contributed by atoms with van der Waals surface area (Å²) in [6.45, 7) is 9.70. The summed E-state index contributed by atoms with van der Waals surface area (Å²) in [5, 5.41) is 3.17. The van der Waals surface area contributed by atoms with E-state index in [4.69, 9.17) is 16.0 Å². The number of halogens is 1. The lowest BCUT2D eigenvalue weighted by atomic mass is 9.83. The normalized spacial score (nSPS) is 13.4. The largest absolute Gasteiger partial charge is 0.466 e. The van der Waals surface area contributed by atoms with Crippen LogP contribution in [0.3, 0.4) is 0 Å². The number of furan rings is 1. The van der Waals surface area contributed by atoms with Gasteiger partial charge in [0.05, 0.1) is 6.04 Å². The standard InChI is InChI=1S/C18H24ClNO/c1-13(20-12-15-6-5-7-16(19)10-15)11-18(3,4)17-9-8-14(2)21-17/h5-10,13,20H,11-12H2,1-4H3/p+1/t13-/m1/s1. The van der Waals surface area contributed by atoms with E-state index in [9.17, 15) is 0 Å². The van der Waals surface area contributed by atoms with Gasteiger partial charge in [0.15, 0.2) is 0 Å². The Hall–Kier alpha value is -1.25. The van der Waals surface area contributed by atoms with Crippen LogP contribution in [0.5, 0.6) is 0 Å². The first-order valence-electron chi connectivity index (χ1n) is 7.51. The van der Waals surface area contributed by atoms with E-state index in [1.807, 2.05) is 31.2 Å². The van der Waals surface area contributed by atoms with Gasteiger partial charge in [-0.1, -0.05) is 37.6 Å². The first-order valence-corrected chi connectivity index (χ1v) is 7.89. The second-order valence-electron chi connectivity index (χ2n) is 6.55. The van der Waals surface area contributed by atoms with Gasteiger partial charge in [-0.25, -0.2) is 0 Å². The van der Waals surface area contributed by atoms with Gasteiger partial charge in [0, 0.05) is 22.4 Å². The van der Waals surface area contributed by atoms with Crippen molar-refractivity contribution in [1.29, 1.82) is 0 Å². The fraction of sp³-hybridized carbons (Fsp3) is 0.444. The van der Waals surface area contributed by atoms with Crippen LogP contribution in [0.15, 0.2) is 40.8 Å². The molecule has 0 saturated carbocycles. The Morgan fingerprint density at radius 3 is 2.62 bits per heavy atom. The Morgan fingerprint density at radius 2 is 2.00 bits per heavy atom. The van der Waals surface area contributed by atoms with Crippen LogP contribution in [0.25, 0.3) is 0 Å². The summed E-state index contributed by atoms with van der Waals surface area (Å²) < 4.78 is 5.80. The first-order chi connectivity index (χ1) is 9.87. The van der Waals surface area contributed by atoms with Crippen molar-refractivity contribution in [2.45, 2.75) is 52.1 Å². The van der Waals surface area contributed by atoms with E-state index in [0.717, 1.165) is 29.5 Å². The summed E-state index contributed by atoms with van der Waals surface area (Å²) in [4.78, 5) is 0. The minimum Gasteiger partial charge on any atom is -0.466 e. The number of hydrogen-bond donors (Lipinski definition) is 1. The third-order valence-electron chi connectivity index (χ3n) is 3.88. The van der Waals surface area contributed by atoms with Crippen LogP contribution in [0.2, 0.25) is 5.02 Å². The molecule has 21 heavy (non-hydrogen) atoms. The molecule has 2 rings (SSSR count). The SMILES string of the molecule is Cc1ccc(C(C)(C)C[C@@H](C)[NH2+]Cc2cccc(Cl)c2)o1. The van der Waals surface area contributed by atoms with Gasteiger partial charge in [0.25, 0.3) is 0 Å². The molecular formula is C18H25ClNO+. The minimum absolute atomic E-state index is 0.0541. The molecule has 0 radical (unpaired) electrons. The van der Waals surface area contributed by atoms with E-state index in [2.05, 4.69) is 38.2 Å². The molecule has 2 aromatic rings. The molecule has 0 amide bonds. The van der Waals surface area contributed by atoms with Crippen molar-refractivity contribution in [3.63, 3.8) is 0 Å². The summed E-state index contributed by atoms with van der Waals surface area (Å²) in [5.74, 6) is 2.05. The van der Waals surface area contributed by atoms with E-state index < -0.39 is 0 Å². The second kappa shape index (κ2) is 6.67. The van der Waals surface area contributed by atoms with Gasteiger partial charge in [-0.3, -0.25) is 0 Å². The number of hydrogen-bond acceptors (Lipinski definition) is 1. The van der Waals surface area contributed by atoms with Crippen molar-refractivity contribution >= 4 is 11.6 Å². The van der Waals surface area contributed by atoms with Gasteiger partial charge < -0.3 is 9.73 Å². The maximum atomic E-state index is 6.02. The summed E-state index contributed by atoms with van der Waals surface area (Å²) >= 11 is 6.02. The zero-order valence-corrected chi connectivity index (χ0v) is 14.1. The maximum Gasteiger partial charge on any atom is 0.109 e. The van der Waals surface area contributed by atoms with Crippen LogP contribution in [0.4, 0.5) is 0 Å². The van der Waals surface area contributed by atoms with Crippen LogP contribution < -0.4 is 5.32 Å². The Labute approximate surface area is 132 Å². The highest BCUT2D eigenvalue weighted by Crippen LogP contribution is 2.29.